The summed E-state index contributed by atoms with van der Waals surface area (Å²) >= 11 is 0. The van der Waals surface area contributed by atoms with E-state index in [0.717, 1.165) is 5.56 Å². The molecule has 31 heavy (non-hydrogen) atoms. The number of benzene rings is 2. The molecule has 0 radical (unpaired) electrons. The van der Waals surface area contributed by atoms with E-state index in [1.807, 2.05) is 0 Å². The topological polar surface area (TPSA) is 108 Å². The van der Waals surface area contributed by atoms with Crippen LogP contribution in [0.5, 0.6) is 11.5 Å². The Balaban J connectivity index is 1.78. The Morgan fingerprint density at radius 1 is 1.13 bits per heavy atom. The number of halogens is 2. The zero-order chi connectivity index (χ0) is 23.0. The standard InChI is InChI=1S/C21H25F2N2O5P/c1-13(9-14-3-6-16(7-4-14)21(22,23)31-29)25-20(28)12-24-19(27)11-15-5-8-17(26)18(10-15)30-2/h3-8,10,13,26,29,31H,9,11-12H2,1-2H3,(H,24,27)(H,25,28). The van der Waals surface area contributed by atoms with Crippen molar-refractivity contribution < 1.29 is 33.1 Å². The van der Waals surface area contributed by atoms with Gasteiger partial charge in [-0.3, -0.25) is 9.59 Å². The summed E-state index contributed by atoms with van der Waals surface area (Å²) in [7, 11) is -0.0982. The Morgan fingerprint density at radius 2 is 1.77 bits per heavy atom. The van der Waals surface area contributed by atoms with Crippen molar-refractivity contribution in [2.24, 2.45) is 0 Å². The summed E-state index contributed by atoms with van der Waals surface area (Å²) in [4.78, 5) is 32.9. The second kappa shape index (κ2) is 11.0. The summed E-state index contributed by atoms with van der Waals surface area (Å²) in [6, 6.07) is 9.84. The maximum atomic E-state index is 13.4. The molecule has 0 aliphatic rings. The number of rotatable bonds is 10. The molecule has 4 N–H and O–H groups in total. The fourth-order valence-electron chi connectivity index (χ4n) is 2.90. The highest BCUT2D eigenvalue weighted by molar-refractivity contribution is 7.32. The van der Waals surface area contributed by atoms with Gasteiger partial charge in [0, 0.05) is 11.6 Å². The molecule has 0 fully saturated rings. The van der Waals surface area contributed by atoms with Gasteiger partial charge in [-0.25, -0.2) is 0 Å². The highest BCUT2D eigenvalue weighted by Crippen LogP contribution is 2.42. The summed E-state index contributed by atoms with van der Waals surface area (Å²) in [5, 5.41) is 14.8. The Bertz CT molecular complexity index is 909. The van der Waals surface area contributed by atoms with E-state index in [-0.39, 0.29) is 47.9 Å². The van der Waals surface area contributed by atoms with Gasteiger partial charge < -0.3 is 25.4 Å². The van der Waals surface area contributed by atoms with Gasteiger partial charge in [-0.2, -0.15) is 8.78 Å². The van der Waals surface area contributed by atoms with Crippen LogP contribution in [0.25, 0.3) is 0 Å². The molecule has 0 saturated heterocycles. The lowest BCUT2D eigenvalue weighted by atomic mass is 10.1. The molecule has 7 nitrogen and oxygen atoms in total. The summed E-state index contributed by atoms with van der Waals surface area (Å²) in [6.45, 7) is 1.56. The fraction of sp³-hybridized carbons (Fsp3) is 0.333. The van der Waals surface area contributed by atoms with E-state index in [4.69, 9.17) is 9.63 Å². The molecule has 2 aromatic carbocycles. The Kier molecular flexibility index (Phi) is 8.71. The van der Waals surface area contributed by atoms with Crippen LogP contribution in [0.3, 0.4) is 0 Å². The van der Waals surface area contributed by atoms with Gasteiger partial charge in [0.15, 0.2) is 11.5 Å². The predicted molar refractivity (Wildman–Crippen MR) is 114 cm³/mol. The van der Waals surface area contributed by atoms with Crippen molar-refractivity contribution >= 4 is 20.6 Å². The van der Waals surface area contributed by atoms with Gasteiger partial charge in [-0.1, -0.05) is 30.3 Å². The van der Waals surface area contributed by atoms with Crippen molar-refractivity contribution in [3.05, 3.63) is 59.2 Å². The first-order chi connectivity index (χ1) is 14.6. The van der Waals surface area contributed by atoms with Crippen molar-refractivity contribution in [3.63, 3.8) is 0 Å². The van der Waals surface area contributed by atoms with E-state index < -0.39 is 14.5 Å². The molecular weight excluding hydrogens is 429 g/mol. The lowest BCUT2D eigenvalue weighted by Gasteiger charge is -2.16. The van der Waals surface area contributed by atoms with Crippen molar-refractivity contribution in [2.45, 2.75) is 31.5 Å². The third-order valence-corrected chi connectivity index (χ3v) is 5.03. The molecule has 0 aromatic heterocycles. The van der Waals surface area contributed by atoms with E-state index in [9.17, 15) is 23.5 Å². The van der Waals surface area contributed by atoms with Gasteiger partial charge in [0.05, 0.1) is 28.9 Å². The number of hydrogen-bond acceptors (Lipinski definition) is 5. The third kappa shape index (κ3) is 7.45. The monoisotopic (exact) mass is 454 g/mol. The van der Waals surface area contributed by atoms with Gasteiger partial charge in [0.25, 0.3) is 0 Å². The molecule has 2 aromatic rings. The van der Waals surface area contributed by atoms with Crippen LogP contribution in [0.15, 0.2) is 42.5 Å². The molecule has 0 saturated carbocycles. The highest BCUT2D eigenvalue weighted by atomic mass is 31.1. The molecule has 2 unspecified atom stereocenters. The van der Waals surface area contributed by atoms with E-state index in [1.165, 1.54) is 37.4 Å². The lowest BCUT2D eigenvalue weighted by molar-refractivity contribution is -0.126. The number of alkyl halides is 2. The quantitative estimate of drug-likeness (QED) is 0.413. The first-order valence-corrected chi connectivity index (χ1v) is 10.4. The van der Waals surface area contributed by atoms with Crippen LogP contribution in [-0.4, -0.2) is 41.5 Å². The predicted octanol–water partition coefficient (Wildman–Crippen LogP) is 2.44. The van der Waals surface area contributed by atoms with Crippen LogP contribution in [0.2, 0.25) is 0 Å². The van der Waals surface area contributed by atoms with Crippen LogP contribution in [0.4, 0.5) is 8.78 Å². The van der Waals surface area contributed by atoms with Gasteiger partial charge in [-0.15, -0.1) is 0 Å². The zero-order valence-electron chi connectivity index (χ0n) is 17.1. The number of methoxy groups -OCH3 is 1. The lowest BCUT2D eigenvalue weighted by Crippen LogP contribution is -2.42. The number of aromatic hydroxyl groups is 1. The smallest absolute Gasteiger partial charge is 0.310 e. The molecule has 10 heteroatoms. The van der Waals surface area contributed by atoms with E-state index in [1.54, 1.807) is 19.1 Å². The normalized spacial score (nSPS) is 12.5. The van der Waals surface area contributed by atoms with E-state index >= 15 is 0 Å². The molecule has 2 atom stereocenters. The largest absolute Gasteiger partial charge is 0.504 e. The van der Waals surface area contributed by atoms with Gasteiger partial charge in [0.2, 0.25) is 11.8 Å². The van der Waals surface area contributed by atoms with Crippen LogP contribution >= 0.6 is 8.81 Å². The van der Waals surface area contributed by atoms with Gasteiger partial charge in [-0.05, 0) is 36.6 Å². The molecule has 0 heterocycles. The van der Waals surface area contributed by atoms with Crippen molar-refractivity contribution in [3.8, 4) is 11.5 Å². The number of amides is 2. The Morgan fingerprint density at radius 3 is 2.39 bits per heavy atom. The molecule has 0 spiro atoms. The van der Waals surface area contributed by atoms with Crippen molar-refractivity contribution in [1.29, 1.82) is 0 Å². The average molecular weight is 454 g/mol. The molecule has 0 bridgehead atoms. The minimum atomic E-state index is -3.26. The number of phenols is 1. The molecule has 2 rings (SSSR count). The Labute approximate surface area is 180 Å². The number of phenolic OH excluding ortho intramolecular Hbond substituents is 1. The minimum Gasteiger partial charge on any atom is -0.504 e. The number of nitrogens with one attached hydrogen (secondary N) is 2. The second-order valence-electron chi connectivity index (χ2n) is 7.02. The first kappa shape index (κ1) is 24.5. The maximum Gasteiger partial charge on any atom is 0.310 e. The van der Waals surface area contributed by atoms with Crippen molar-refractivity contribution in [2.75, 3.05) is 13.7 Å². The molecule has 2 amide bonds. The van der Waals surface area contributed by atoms with Crippen LogP contribution in [-0.2, 0) is 28.1 Å². The average Bonchev–Trinajstić information content (AvgIpc) is 2.74. The number of carbonyl (C=O) groups excluding carboxylic acids is 2. The van der Waals surface area contributed by atoms with Gasteiger partial charge in [0.1, 0.15) is 0 Å². The zero-order valence-corrected chi connectivity index (χ0v) is 18.1. The van der Waals surface area contributed by atoms with Crippen LogP contribution in [0, 0.1) is 0 Å². The third-order valence-electron chi connectivity index (χ3n) is 4.46. The summed E-state index contributed by atoms with van der Waals surface area (Å²) < 4.78 is 31.9. The highest BCUT2D eigenvalue weighted by Gasteiger charge is 2.30. The summed E-state index contributed by atoms with van der Waals surface area (Å²) in [5.74, 6) is -0.520. The van der Waals surface area contributed by atoms with Crippen LogP contribution < -0.4 is 15.4 Å². The molecule has 168 valence electrons. The number of ether oxygens (including phenoxy) is 1. The summed E-state index contributed by atoms with van der Waals surface area (Å²) in [5.41, 5.74) is -2.15. The number of hydrogen-bond donors (Lipinski definition) is 4. The Hall–Kier alpha value is -2.77. The molecular formula is C21H25F2N2O5P. The van der Waals surface area contributed by atoms with E-state index in [0.29, 0.717) is 12.0 Å². The SMILES string of the molecule is COc1cc(CC(=O)NCC(=O)NC(C)Cc2ccc(C(F)(F)PO)cc2)ccc1O. The second-order valence-corrected chi connectivity index (χ2v) is 7.87. The molecule has 0 aliphatic carbocycles. The fourth-order valence-corrected chi connectivity index (χ4v) is 3.20. The number of carbonyl (C=O) groups is 2. The van der Waals surface area contributed by atoms with Crippen LogP contribution in [0.1, 0.15) is 23.6 Å². The van der Waals surface area contributed by atoms with Gasteiger partial charge >= 0.3 is 5.66 Å². The van der Waals surface area contributed by atoms with E-state index in [2.05, 4.69) is 10.6 Å². The minimum absolute atomic E-state index is 0.0187. The maximum absolute atomic E-state index is 13.4. The summed E-state index contributed by atoms with van der Waals surface area (Å²) in [6.07, 6.45) is 0.436. The first-order valence-electron chi connectivity index (χ1n) is 9.45. The molecule has 0 aliphatic heterocycles. The van der Waals surface area contributed by atoms with Crippen molar-refractivity contribution in [1.82, 2.24) is 10.6 Å².